The summed E-state index contributed by atoms with van der Waals surface area (Å²) >= 11 is 0. The van der Waals surface area contributed by atoms with Crippen molar-refractivity contribution < 1.29 is 27.5 Å². The number of rotatable bonds is 1. The van der Waals surface area contributed by atoms with Gasteiger partial charge in [-0.2, -0.15) is 13.2 Å². The van der Waals surface area contributed by atoms with Gasteiger partial charge in [0.25, 0.3) is 0 Å². The molecule has 0 bridgehead atoms. The molecule has 1 aromatic rings. The van der Waals surface area contributed by atoms with Gasteiger partial charge >= 0.3 is 18.1 Å². The molecule has 0 aliphatic carbocycles. The summed E-state index contributed by atoms with van der Waals surface area (Å²) in [6, 6.07) is 1.48. The van der Waals surface area contributed by atoms with Crippen LogP contribution in [0.1, 0.15) is 21.6 Å². The molecule has 0 fully saturated rings. The highest BCUT2D eigenvalue weighted by atomic mass is 19.4. The molecule has 0 radical (unpaired) electrons. The Hall–Kier alpha value is -2.12. The Labute approximate surface area is 112 Å². The van der Waals surface area contributed by atoms with Crippen LogP contribution in [-0.4, -0.2) is 41.6 Å². The molecular formula is C12H11F3N2O3. The van der Waals surface area contributed by atoms with Crippen molar-refractivity contribution in [2.75, 3.05) is 13.7 Å². The number of halogens is 3. The summed E-state index contributed by atoms with van der Waals surface area (Å²) in [6.45, 7) is -0.210. The molecule has 5 nitrogen and oxygen atoms in total. The van der Waals surface area contributed by atoms with E-state index in [1.54, 1.807) is 0 Å². The van der Waals surface area contributed by atoms with E-state index in [4.69, 9.17) is 0 Å². The fraction of sp³-hybridized carbons (Fsp3) is 0.417. The number of pyridine rings is 1. The van der Waals surface area contributed by atoms with Gasteiger partial charge < -0.3 is 9.64 Å². The quantitative estimate of drug-likeness (QED) is 0.731. The first-order valence-electron chi connectivity index (χ1n) is 5.75. The summed E-state index contributed by atoms with van der Waals surface area (Å²) in [5, 5.41) is 0. The molecule has 1 amide bonds. The Morgan fingerprint density at radius 1 is 1.35 bits per heavy atom. The molecule has 0 N–H and O–H groups in total. The number of aromatic nitrogens is 1. The van der Waals surface area contributed by atoms with E-state index in [0.717, 1.165) is 4.90 Å². The summed E-state index contributed by atoms with van der Waals surface area (Å²) in [4.78, 5) is 27.0. The Bertz CT molecular complexity index is 557. The fourth-order valence-corrected chi connectivity index (χ4v) is 2.01. The minimum absolute atomic E-state index is 0.0457. The molecular weight excluding hydrogens is 277 g/mol. The van der Waals surface area contributed by atoms with Crippen LogP contribution in [0.25, 0.3) is 0 Å². The maximum atomic E-state index is 12.4. The number of alkyl halides is 3. The summed E-state index contributed by atoms with van der Waals surface area (Å²) < 4.78 is 41.6. The third kappa shape index (κ3) is 2.73. The van der Waals surface area contributed by atoms with E-state index in [1.807, 2.05) is 0 Å². The fourth-order valence-electron chi connectivity index (χ4n) is 2.01. The van der Waals surface area contributed by atoms with Crippen molar-refractivity contribution in [3.05, 3.63) is 29.1 Å². The Kier molecular flexibility index (Phi) is 3.65. The summed E-state index contributed by atoms with van der Waals surface area (Å²) in [7, 11) is 1.22. The Morgan fingerprint density at radius 2 is 2.05 bits per heavy atom. The molecule has 0 saturated carbocycles. The molecule has 0 atom stereocenters. The van der Waals surface area contributed by atoms with Crippen molar-refractivity contribution in [1.82, 2.24) is 9.88 Å². The highest BCUT2D eigenvalue weighted by Crippen LogP contribution is 2.24. The number of esters is 1. The summed E-state index contributed by atoms with van der Waals surface area (Å²) in [5.74, 6) is -2.47. The van der Waals surface area contributed by atoms with Gasteiger partial charge in [-0.1, -0.05) is 0 Å². The lowest BCUT2D eigenvalue weighted by atomic mass is 10.0. The minimum Gasteiger partial charge on any atom is -0.464 e. The van der Waals surface area contributed by atoms with E-state index in [2.05, 4.69) is 9.72 Å². The van der Waals surface area contributed by atoms with E-state index in [0.29, 0.717) is 11.1 Å². The monoisotopic (exact) mass is 288 g/mol. The topological polar surface area (TPSA) is 59.5 Å². The van der Waals surface area contributed by atoms with Crippen LogP contribution in [-0.2, 0) is 22.5 Å². The number of ether oxygens (including phenoxy) is 1. The van der Waals surface area contributed by atoms with E-state index >= 15 is 0 Å². The number of hydrogen-bond donors (Lipinski definition) is 0. The summed E-state index contributed by atoms with van der Waals surface area (Å²) in [6.07, 6.45) is -3.34. The second-order valence-electron chi connectivity index (χ2n) is 4.30. The van der Waals surface area contributed by atoms with E-state index in [9.17, 15) is 22.8 Å². The van der Waals surface area contributed by atoms with Crippen LogP contribution in [0.15, 0.2) is 12.3 Å². The van der Waals surface area contributed by atoms with Gasteiger partial charge in [0, 0.05) is 19.3 Å². The van der Waals surface area contributed by atoms with Gasteiger partial charge in [-0.05, 0) is 23.6 Å². The molecule has 0 spiro atoms. The predicted octanol–water partition coefficient (Wildman–Crippen LogP) is 1.32. The van der Waals surface area contributed by atoms with Gasteiger partial charge in [0.05, 0.1) is 7.11 Å². The highest BCUT2D eigenvalue weighted by molar-refractivity contribution is 5.87. The van der Waals surface area contributed by atoms with Crippen LogP contribution in [0.4, 0.5) is 13.2 Å². The number of carbonyl (C=O) groups is 2. The number of fused-ring (bicyclic) bond motifs is 1. The standard InChI is InChI=1S/C12H11F3N2O3/c1-20-10(18)9-4-7-2-3-17(6-8(7)5-16-9)11(19)12(13,14)15/h4-5H,2-3,6H2,1H3. The van der Waals surface area contributed by atoms with Gasteiger partial charge in [0.2, 0.25) is 0 Å². The average molecular weight is 288 g/mol. The van der Waals surface area contributed by atoms with Crippen LogP contribution >= 0.6 is 0 Å². The predicted molar refractivity (Wildman–Crippen MR) is 60.8 cm³/mol. The number of amides is 1. The van der Waals surface area contributed by atoms with Crippen molar-refractivity contribution in [3.63, 3.8) is 0 Å². The van der Waals surface area contributed by atoms with Crippen molar-refractivity contribution in [3.8, 4) is 0 Å². The molecule has 1 aliphatic rings. The first-order chi connectivity index (χ1) is 9.32. The number of carbonyl (C=O) groups excluding carboxylic acids is 2. The van der Waals surface area contributed by atoms with E-state index < -0.39 is 18.1 Å². The smallest absolute Gasteiger partial charge is 0.464 e. The van der Waals surface area contributed by atoms with Crippen molar-refractivity contribution in [1.29, 1.82) is 0 Å². The van der Waals surface area contributed by atoms with Crippen LogP contribution in [0.2, 0.25) is 0 Å². The normalized spacial score (nSPS) is 14.7. The van der Waals surface area contributed by atoms with E-state index in [-0.39, 0.29) is 25.2 Å². The van der Waals surface area contributed by atoms with Gasteiger partial charge in [-0.15, -0.1) is 0 Å². The zero-order chi connectivity index (χ0) is 14.9. The molecule has 8 heteroatoms. The number of nitrogens with zero attached hydrogens (tertiary/aromatic N) is 2. The Balaban J connectivity index is 2.20. The lowest BCUT2D eigenvalue weighted by molar-refractivity contribution is -0.186. The minimum atomic E-state index is -4.88. The average Bonchev–Trinajstić information content (AvgIpc) is 2.43. The highest BCUT2D eigenvalue weighted by Gasteiger charge is 2.43. The van der Waals surface area contributed by atoms with Gasteiger partial charge in [-0.25, -0.2) is 9.78 Å². The SMILES string of the molecule is COC(=O)c1cc2c(cn1)CN(C(=O)C(F)(F)F)CC2. The third-order valence-corrected chi connectivity index (χ3v) is 3.02. The van der Waals surface area contributed by atoms with Crippen LogP contribution < -0.4 is 0 Å². The van der Waals surface area contributed by atoms with Crippen LogP contribution in [0, 0.1) is 0 Å². The first-order valence-corrected chi connectivity index (χ1v) is 5.75. The molecule has 2 rings (SSSR count). The van der Waals surface area contributed by atoms with Crippen LogP contribution in [0.5, 0.6) is 0 Å². The second-order valence-corrected chi connectivity index (χ2v) is 4.30. The van der Waals surface area contributed by atoms with Crippen LogP contribution in [0.3, 0.4) is 0 Å². The molecule has 0 aromatic carbocycles. The molecule has 20 heavy (non-hydrogen) atoms. The second kappa shape index (κ2) is 5.10. The third-order valence-electron chi connectivity index (χ3n) is 3.02. The van der Waals surface area contributed by atoms with Gasteiger partial charge in [-0.3, -0.25) is 4.79 Å². The van der Waals surface area contributed by atoms with Gasteiger partial charge in [0.1, 0.15) is 5.69 Å². The molecule has 0 saturated heterocycles. The number of methoxy groups -OCH3 is 1. The molecule has 1 aliphatic heterocycles. The van der Waals surface area contributed by atoms with Crippen molar-refractivity contribution in [2.24, 2.45) is 0 Å². The Morgan fingerprint density at radius 3 is 2.65 bits per heavy atom. The molecule has 0 unspecified atom stereocenters. The zero-order valence-electron chi connectivity index (χ0n) is 10.5. The number of hydrogen-bond acceptors (Lipinski definition) is 4. The zero-order valence-corrected chi connectivity index (χ0v) is 10.5. The maximum Gasteiger partial charge on any atom is 0.471 e. The van der Waals surface area contributed by atoms with Crippen molar-refractivity contribution >= 4 is 11.9 Å². The van der Waals surface area contributed by atoms with Gasteiger partial charge in [0.15, 0.2) is 0 Å². The maximum absolute atomic E-state index is 12.4. The molecule has 1 aromatic heterocycles. The first kappa shape index (κ1) is 14.3. The largest absolute Gasteiger partial charge is 0.471 e. The molecule has 2 heterocycles. The van der Waals surface area contributed by atoms with E-state index in [1.165, 1.54) is 19.4 Å². The molecule has 108 valence electrons. The lowest BCUT2D eigenvalue weighted by Gasteiger charge is -2.29. The lowest BCUT2D eigenvalue weighted by Crippen LogP contribution is -2.43. The summed E-state index contributed by atoms with van der Waals surface area (Å²) in [5.41, 5.74) is 1.30. The van der Waals surface area contributed by atoms with Crippen molar-refractivity contribution in [2.45, 2.75) is 19.1 Å².